The van der Waals surface area contributed by atoms with E-state index in [9.17, 15) is 4.21 Å². The standard InChI is InChI=1S/C12H11NOS2/c13-9-11-4-2-10(3-5-11)8-12-15-6-1-7-16(12)14/h2-5,8H,1,6-7H2/b12-8-/t16-/m1/s1. The Morgan fingerprint density at radius 3 is 2.75 bits per heavy atom. The van der Waals surface area contributed by atoms with Gasteiger partial charge >= 0.3 is 0 Å². The summed E-state index contributed by atoms with van der Waals surface area (Å²) in [5.41, 5.74) is 1.66. The molecular weight excluding hydrogens is 238 g/mol. The summed E-state index contributed by atoms with van der Waals surface area (Å²) in [7, 11) is -0.827. The highest BCUT2D eigenvalue weighted by Crippen LogP contribution is 2.28. The number of benzene rings is 1. The third-order valence-electron chi connectivity index (χ3n) is 2.27. The zero-order chi connectivity index (χ0) is 11.4. The number of nitrogens with zero attached hydrogens (tertiary/aromatic N) is 1. The van der Waals surface area contributed by atoms with Gasteiger partial charge in [0.2, 0.25) is 0 Å². The van der Waals surface area contributed by atoms with Crippen LogP contribution in [0.5, 0.6) is 0 Å². The maximum absolute atomic E-state index is 11.7. The summed E-state index contributed by atoms with van der Waals surface area (Å²) in [6, 6.07) is 9.42. The van der Waals surface area contributed by atoms with Gasteiger partial charge < -0.3 is 0 Å². The Labute approximate surface area is 102 Å². The van der Waals surface area contributed by atoms with Gasteiger partial charge in [0.05, 0.1) is 26.7 Å². The highest BCUT2D eigenvalue weighted by atomic mass is 32.2. The molecule has 1 fully saturated rings. The van der Waals surface area contributed by atoms with Crippen LogP contribution in [0, 0.1) is 11.3 Å². The van der Waals surface area contributed by atoms with Crippen LogP contribution in [0.2, 0.25) is 0 Å². The van der Waals surface area contributed by atoms with Gasteiger partial charge in [-0.1, -0.05) is 12.1 Å². The first-order valence-electron chi connectivity index (χ1n) is 5.02. The molecular formula is C12H11NOS2. The Kier molecular flexibility index (Phi) is 3.81. The minimum Gasteiger partial charge on any atom is -0.254 e. The summed E-state index contributed by atoms with van der Waals surface area (Å²) in [5.74, 6) is 1.82. The molecule has 0 bridgehead atoms. The van der Waals surface area contributed by atoms with Crippen LogP contribution in [0.1, 0.15) is 17.5 Å². The predicted octanol–water partition coefficient (Wildman–Crippen LogP) is 2.74. The topological polar surface area (TPSA) is 40.9 Å². The van der Waals surface area contributed by atoms with E-state index in [1.54, 1.807) is 23.9 Å². The lowest BCUT2D eigenvalue weighted by Crippen LogP contribution is -2.06. The van der Waals surface area contributed by atoms with E-state index in [1.807, 2.05) is 18.2 Å². The molecule has 1 atom stereocenters. The number of hydrogen-bond acceptors (Lipinski definition) is 3. The normalized spacial score (nSPS) is 22.9. The van der Waals surface area contributed by atoms with Gasteiger partial charge in [0.1, 0.15) is 0 Å². The molecule has 1 saturated heterocycles. The minimum absolute atomic E-state index is 0.652. The first-order chi connectivity index (χ1) is 7.79. The molecule has 16 heavy (non-hydrogen) atoms. The van der Waals surface area contributed by atoms with Gasteiger partial charge in [-0.3, -0.25) is 4.21 Å². The van der Waals surface area contributed by atoms with Crippen molar-refractivity contribution in [3.8, 4) is 6.07 Å². The lowest BCUT2D eigenvalue weighted by Gasteiger charge is -2.12. The Hall–Kier alpha value is -1.05. The van der Waals surface area contributed by atoms with Gasteiger partial charge in [0.25, 0.3) is 0 Å². The molecule has 1 aliphatic heterocycles. The van der Waals surface area contributed by atoms with E-state index in [-0.39, 0.29) is 0 Å². The highest BCUT2D eigenvalue weighted by molar-refractivity contribution is 8.17. The molecule has 1 aromatic rings. The number of hydrogen-bond donors (Lipinski definition) is 0. The van der Waals surface area contributed by atoms with Crippen molar-refractivity contribution in [1.82, 2.24) is 0 Å². The SMILES string of the molecule is N#Cc1ccc(/C=C2/SCCC[S@]2=O)cc1. The third-order valence-corrected chi connectivity index (χ3v) is 5.30. The summed E-state index contributed by atoms with van der Waals surface area (Å²) in [4.78, 5) is 0. The average molecular weight is 249 g/mol. The summed E-state index contributed by atoms with van der Waals surface area (Å²) in [5, 5.41) is 8.67. The van der Waals surface area contributed by atoms with Crippen LogP contribution < -0.4 is 0 Å². The molecule has 0 amide bonds. The zero-order valence-electron chi connectivity index (χ0n) is 8.68. The van der Waals surface area contributed by atoms with E-state index in [0.717, 1.165) is 27.7 Å². The van der Waals surface area contributed by atoms with Crippen molar-refractivity contribution in [2.24, 2.45) is 0 Å². The Morgan fingerprint density at radius 2 is 2.12 bits per heavy atom. The molecule has 0 unspecified atom stereocenters. The van der Waals surface area contributed by atoms with Gasteiger partial charge in [0.15, 0.2) is 0 Å². The first-order valence-corrected chi connectivity index (χ1v) is 7.33. The van der Waals surface area contributed by atoms with Crippen molar-refractivity contribution in [1.29, 1.82) is 5.26 Å². The fourth-order valence-corrected chi connectivity index (χ4v) is 4.22. The largest absolute Gasteiger partial charge is 0.254 e. The Morgan fingerprint density at radius 1 is 1.38 bits per heavy atom. The van der Waals surface area contributed by atoms with Crippen LogP contribution in [0.25, 0.3) is 6.08 Å². The fraction of sp³-hybridized carbons (Fsp3) is 0.250. The van der Waals surface area contributed by atoms with E-state index in [2.05, 4.69) is 6.07 Å². The van der Waals surface area contributed by atoms with Gasteiger partial charge in [-0.2, -0.15) is 5.26 Å². The minimum atomic E-state index is -0.827. The monoisotopic (exact) mass is 249 g/mol. The molecule has 0 spiro atoms. The van der Waals surface area contributed by atoms with Crippen LogP contribution in [-0.4, -0.2) is 15.7 Å². The predicted molar refractivity (Wildman–Crippen MR) is 69.2 cm³/mol. The Bertz CT molecular complexity index is 471. The molecule has 0 radical (unpaired) electrons. The molecule has 0 N–H and O–H groups in total. The lowest BCUT2D eigenvalue weighted by atomic mass is 10.1. The van der Waals surface area contributed by atoms with E-state index in [0.29, 0.717) is 5.56 Å². The second-order valence-electron chi connectivity index (χ2n) is 3.45. The average Bonchev–Trinajstić information content (AvgIpc) is 2.33. The van der Waals surface area contributed by atoms with Gasteiger partial charge in [-0.15, -0.1) is 11.8 Å². The molecule has 4 heteroatoms. The summed E-state index contributed by atoms with van der Waals surface area (Å²) in [6.07, 6.45) is 2.99. The molecule has 1 aliphatic rings. The molecule has 2 rings (SSSR count). The molecule has 0 aliphatic carbocycles. The number of thioether (sulfide) groups is 1. The van der Waals surface area contributed by atoms with Crippen LogP contribution in [0.4, 0.5) is 0 Å². The zero-order valence-corrected chi connectivity index (χ0v) is 10.3. The highest BCUT2D eigenvalue weighted by Gasteiger charge is 2.13. The molecule has 2 nitrogen and oxygen atoms in total. The van der Waals surface area contributed by atoms with Crippen LogP contribution >= 0.6 is 11.8 Å². The molecule has 82 valence electrons. The smallest absolute Gasteiger partial charge is 0.0991 e. The summed E-state index contributed by atoms with van der Waals surface area (Å²) < 4.78 is 12.6. The number of nitriles is 1. The van der Waals surface area contributed by atoms with E-state index < -0.39 is 10.8 Å². The summed E-state index contributed by atoms with van der Waals surface area (Å²) >= 11 is 1.67. The maximum Gasteiger partial charge on any atom is 0.0991 e. The maximum atomic E-state index is 11.7. The van der Waals surface area contributed by atoms with Gasteiger partial charge in [-0.25, -0.2) is 0 Å². The fourth-order valence-electron chi connectivity index (χ4n) is 1.43. The van der Waals surface area contributed by atoms with Crippen molar-refractivity contribution < 1.29 is 4.21 Å². The van der Waals surface area contributed by atoms with E-state index in [4.69, 9.17) is 5.26 Å². The molecule has 1 heterocycles. The van der Waals surface area contributed by atoms with E-state index in [1.165, 1.54) is 0 Å². The van der Waals surface area contributed by atoms with Crippen LogP contribution in [0.15, 0.2) is 28.5 Å². The van der Waals surface area contributed by atoms with Crippen molar-refractivity contribution in [3.63, 3.8) is 0 Å². The second kappa shape index (κ2) is 5.33. The Balaban J connectivity index is 2.21. The first kappa shape index (κ1) is 11.4. The van der Waals surface area contributed by atoms with Crippen molar-refractivity contribution in [2.45, 2.75) is 6.42 Å². The van der Waals surface area contributed by atoms with Crippen molar-refractivity contribution in [2.75, 3.05) is 11.5 Å². The van der Waals surface area contributed by atoms with Gasteiger partial charge in [0, 0.05) is 5.75 Å². The van der Waals surface area contributed by atoms with Crippen molar-refractivity contribution >= 4 is 28.6 Å². The molecule has 0 saturated carbocycles. The van der Waals surface area contributed by atoms with Crippen LogP contribution in [-0.2, 0) is 10.8 Å². The number of rotatable bonds is 1. The lowest BCUT2D eigenvalue weighted by molar-refractivity contribution is 0.686. The van der Waals surface area contributed by atoms with Crippen molar-refractivity contribution in [3.05, 3.63) is 39.6 Å². The van der Waals surface area contributed by atoms with Crippen LogP contribution in [0.3, 0.4) is 0 Å². The quantitative estimate of drug-likeness (QED) is 0.768. The second-order valence-corrected chi connectivity index (χ2v) is 6.38. The molecule has 1 aromatic carbocycles. The van der Waals surface area contributed by atoms with Gasteiger partial charge in [-0.05, 0) is 35.9 Å². The third kappa shape index (κ3) is 2.75. The summed E-state index contributed by atoms with van der Waals surface area (Å²) in [6.45, 7) is 0. The molecule has 0 aromatic heterocycles. The van der Waals surface area contributed by atoms with E-state index >= 15 is 0 Å².